The second kappa shape index (κ2) is 9.74. The number of amides is 2. The van der Waals surface area contributed by atoms with E-state index in [9.17, 15) is 9.59 Å². The fourth-order valence-corrected chi connectivity index (χ4v) is 3.55. The lowest BCUT2D eigenvalue weighted by atomic mass is 10.0. The molecule has 32 heavy (non-hydrogen) atoms. The van der Waals surface area contributed by atoms with E-state index in [1.54, 1.807) is 42.5 Å². The summed E-state index contributed by atoms with van der Waals surface area (Å²) in [6.07, 6.45) is 0.901. The van der Waals surface area contributed by atoms with Gasteiger partial charge >= 0.3 is 0 Å². The number of fused-ring (bicyclic) bond motifs is 1. The van der Waals surface area contributed by atoms with Gasteiger partial charge in [-0.25, -0.2) is 0 Å². The molecule has 0 fully saturated rings. The van der Waals surface area contributed by atoms with E-state index >= 15 is 0 Å². The predicted octanol–water partition coefficient (Wildman–Crippen LogP) is 3.09. The van der Waals surface area contributed by atoms with Crippen LogP contribution in [0.3, 0.4) is 0 Å². The van der Waals surface area contributed by atoms with E-state index in [1.165, 1.54) is 12.0 Å². The number of anilines is 1. The third-order valence-electron chi connectivity index (χ3n) is 5.11. The summed E-state index contributed by atoms with van der Waals surface area (Å²) < 4.78 is 21.9. The Bertz CT molecular complexity index is 1030. The van der Waals surface area contributed by atoms with Crippen LogP contribution in [0, 0.1) is 0 Å². The highest BCUT2D eigenvalue weighted by Crippen LogP contribution is 2.35. The summed E-state index contributed by atoms with van der Waals surface area (Å²) in [5, 5.41) is 3.14. The van der Waals surface area contributed by atoms with Gasteiger partial charge in [-0.2, -0.15) is 0 Å². The molecule has 0 spiro atoms. The molecule has 0 atom stereocenters. The average molecular weight is 438 g/mol. The van der Waals surface area contributed by atoms with Crippen LogP contribution in [-0.2, 0) is 14.3 Å². The van der Waals surface area contributed by atoms with Crippen molar-refractivity contribution in [3.05, 3.63) is 53.7 Å². The minimum Gasteiger partial charge on any atom is -0.494 e. The Hall–Kier alpha value is -3.52. The van der Waals surface area contributed by atoms with Gasteiger partial charge in [0.15, 0.2) is 11.5 Å². The van der Waals surface area contributed by atoms with Crippen molar-refractivity contribution < 1.29 is 28.5 Å². The van der Waals surface area contributed by atoms with Crippen LogP contribution in [0.2, 0.25) is 0 Å². The highest BCUT2D eigenvalue weighted by molar-refractivity contribution is 6.36. The molecule has 2 amide bonds. The van der Waals surface area contributed by atoms with Crippen molar-refractivity contribution in [2.45, 2.75) is 13.3 Å². The summed E-state index contributed by atoms with van der Waals surface area (Å²) in [7, 11) is 1.53. The number of carbonyl (C=O) groups excluding carboxylic acids is 2. The molecule has 2 aromatic carbocycles. The Balaban J connectivity index is 1.67. The Morgan fingerprint density at radius 2 is 1.72 bits per heavy atom. The monoisotopic (exact) mass is 438 g/mol. The lowest BCUT2D eigenvalue weighted by Gasteiger charge is -2.19. The summed E-state index contributed by atoms with van der Waals surface area (Å²) >= 11 is 0. The van der Waals surface area contributed by atoms with Crippen LogP contribution in [0.25, 0.3) is 5.57 Å². The zero-order valence-corrected chi connectivity index (χ0v) is 18.2. The van der Waals surface area contributed by atoms with E-state index in [2.05, 4.69) is 5.32 Å². The van der Waals surface area contributed by atoms with Gasteiger partial charge in [-0.1, -0.05) is 19.1 Å². The Labute approximate surface area is 186 Å². The van der Waals surface area contributed by atoms with Crippen molar-refractivity contribution >= 4 is 23.1 Å². The van der Waals surface area contributed by atoms with Crippen molar-refractivity contribution in [3.8, 4) is 17.2 Å². The van der Waals surface area contributed by atoms with Crippen molar-refractivity contribution in [1.82, 2.24) is 4.90 Å². The maximum absolute atomic E-state index is 13.2. The molecule has 0 unspecified atom stereocenters. The van der Waals surface area contributed by atoms with E-state index in [0.717, 1.165) is 6.42 Å². The van der Waals surface area contributed by atoms with E-state index < -0.39 is 5.91 Å². The second-order valence-electron chi connectivity index (χ2n) is 7.36. The molecule has 0 bridgehead atoms. The second-order valence-corrected chi connectivity index (χ2v) is 7.36. The molecule has 8 heteroatoms. The van der Waals surface area contributed by atoms with E-state index in [4.69, 9.17) is 18.9 Å². The molecule has 1 N–H and O–H groups in total. The highest BCUT2D eigenvalue weighted by Gasteiger charge is 2.39. The Morgan fingerprint density at radius 1 is 0.969 bits per heavy atom. The minimum absolute atomic E-state index is 0.168. The van der Waals surface area contributed by atoms with Crippen LogP contribution in [-0.4, -0.2) is 56.8 Å². The number of methoxy groups -OCH3 is 1. The maximum atomic E-state index is 13.2. The normalized spacial score (nSPS) is 15.4. The summed E-state index contributed by atoms with van der Waals surface area (Å²) in [6, 6.07) is 12.5. The van der Waals surface area contributed by atoms with Gasteiger partial charge in [-0.15, -0.1) is 0 Å². The number of hydrogen-bond donors (Lipinski definition) is 1. The maximum Gasteiger partial charge on any atom is 0.278 e. The predicted molar refractivity (Wildman–Crippen MR) is 119 cm³/mol. The summed E-state index contributed by atoms with van der Waals surface area (Å²) in [4.78, 5) is 27.5. The molecule has 2 aliphatic heterocycles. The van der Waals surface area contributed by atoms with Gasteiger partial charge in [-0.3, -0.25) is 14.5 Å². The third kappa shape index (κ3) is 4.40. The Morgan fingerprint density at radius 3 is 2.44 bits per heavy atom. The average Bonchev–Trinajstić information content (AvgIpc) is 3.05. The van der Waals surface area contributed by atoms with Crippen molar-refractivity contribution in [1.29, 1.82) is 0 Å². The SMILES string of the molecule is CCCOc1ccc(C2=C(Nc3ccc4c(c3)OCCO4)C(=O)N(CCOC)C2=O)cc1. The number of nitrogens with zero attached hydrogens (tertiary/aromatic N) is 1. The fraction of sp³-hybridized carbons (Fsp3) is 0.333. The molecule has 2 aromatic rings. The molecule has 0 aromatic heterocycles. The smallest absolute Gasteiger partial charge is 0.278 e. The largest absolute Gasteiger partial charge is 0.494 e. The molecular weight excluding hydrogens is 412 g/mol. The van der Waals surface area contributed by atoms with Crippen LogP contribution in [0.4, 0.5) is 5.69 Å². The standard InChI is InChI=1S/C24H26N2O6/c1-3-11-30-18-7-4-16(5-8-18)21-22(24(28)26(23(21)27)10-12-29-2)25-17-6-9-19-20(15-17)32-14-13-31-19/h4-9,15,25H,3,10-14H2,1-2H3. The number of carbonyl (C=O) groups is 2. The number of hydrogen-bond acceptors (Lipinski definition) is 7. The van der Waals surface area contributed by atoms with Crippen molar-refractivity contribution in [2.75, 3.05) is 45.4 Å². The van der Waals surface area contributed by atoms with Gasteiger partial charge in [0.25, 0.3) is 11.8 Å². The third-order valence-corrected chi connectivity index (χ3v) is 5.11. The van der Waals surface area contributed by atoms with Crippen LogP contribution >= 0.6 is 0 Å². The number of imide groups is 1. The zero-order valence-electron chi connectivity index (χ0n) is 18.2. The molecular formula is C24H26N2O6. The molecule has 4 rings (SSSR count). The topological polar surface area (TPSA) is 86.3 Å². The first-order valence-electron chi connectivity index (χ1n) is 10.6. The van der Waals surface area contributed by atoms with Crippen molar-refractivity contribution in [2.24, 2.45) is 0 Å². The summed E-state index contributed by atoms with van der Waals surface area (Å²) in [5.74, 6) is 1.19. The lowest BCUT2D eigenvalue weighted by molar-refractivity contribution is -0.137. The van der Waals surface area contributed by atoms with Gasteiger partial charge in [0.1, 0.15) is 24.7 Å². The van der Waals surface area contributed by atoms with E-state index in [1.807, 2.05) is 6.92 Å². The van der Waals surface area contributed by atoms with Crippen LogP contribution in [0.1, 0.15) is 18.9 Å². The van der Waals surface area contributed by atoms with E-state index in [0.29, 0.717) is 53.9 Å². The molecule has 0 radical (unpaired) electrons. The van der Waals surface area contributed by atoms with Crippen LogP contribution in [0.5, 0.6) is 17.2 Å². The van der Waals surface area contributed by atoms with Gasteiger partial charge in [-0.05, 0) is 36.2 Å². The van der Waals surface area contributed by atoms with Gasteiger partial charge in [0.2, 0.25) is 0 Å². The number of rotatable bonds is 9. The highest BCUT2D eigenvalue weighted by atomic mass is 16.6. The molecule has 2 aliphatic rings. The summed E-state index contributed by atoms with van der Waals surface area (Å²) in [5.41, 5.74) is 1.78. The van der Waals surface area contributed by atoms with Crippen LogP contribution in [0.15, 0.2) is 48.2 Å². The molecule has 0 saturated heterocycles. The quantitative estimate of drug-likeness (QED) is 0.602. The zero-order chi connectivity index (χ0) is 22.5. The lowest BCUT2D eigenvalue weighted by Crippen LogP contribution is -2.35. The first-order chi connectivity index (χ1) is 15.6. The molecule has 168 valence electrons. The van der Waals surface area contributed by atoms with Gasteiger partial charge in [0, 0.05) is 18.9 Å². The number of nitrogens with one attached hydrogen (secondary N) is 1. The van der Waals surface area contributed by atoms with Crippen molar-refractivity contribution in [3.63, 3.8) is 0 Å². The number of ether oxygens (including phenoxy) is 4. The first kappa shape index (κ1) is 21.7. The fourth-order valence-electron chi connectivity index (χ4n) is 3.55. The molecule has 0 aliphatic carbocycles. The first-order valence-corrected chi connectivity index (χ1v) is 10.6. The minimum atomic E-state index is -0.400. The van der Waals surface area contributed by atoms with E-state index in [-0.39, 0.29) is 24.8 Å². The van der Waals surface area contributed by atoms with Crippen LogP contribution < -0.4 is 19.5 Å². The number of benzene rings is 2. The Kier molecular flexibility index (Phi) is 6.61. The molecule has 2 heterocycles. The molecule has 8 nitrogen and oxygen atoms in total. The van der Waals surface area contributed by atoms with Gasteiger partial charge < -0.3 is 24.3 Å². The summed E-state index contributed by atoms with van der Waals surface area (Å²) in [6.45, 7) is 4.02. The molecule has 0 saturated carbocycles. The van der Waals surface area contributed by atoms with Gasteiger partial charge in [0.05, 0.1) is 25.3 Å².